The van der Waals surface area contributed by atoms with Gasteiger partial charge in [-0.25, -0.2) is 13.9 Å². The van der Waals surface area contributed by atoms with Gasteiger partial charge in [-0.3, -0.25) is 0 Å². The van der Waals surface area contributed by atoms with Gasteiger partial charge in [0.2, 0.25) is 0 Å². The fraction of sp³-hybridized carbons (Fsp3) is 0.375. The number of carbonyl (C=O) groups is 1. The van der Waals surface area contributed by atoms with Crippen molar-refractivity contribution in [3.8, 4) is 5.69 Å². The highest BCUT2D eigenvalue weighted by Crippen LogP contribution is 2.18. The lowest BCUT2D eigenvalue weighted by Crippen LogP contribution is -2.37. The molecular weight excluding hydrogens is 299 g/mol. The molecule has 124 valence electrons. The van der Waals surface area contributed by atoms with Crippen molar-refractivity contribution in [1.29, 1.82) is 0 Å². The first-order valence-corrected chi connectivity index (χ1v) is 7.36. The standard InChI is InChI=1S/C16H21FN4O2/c1-16(2,7-8-22)11-18-15(23)20-12-9-19-21(10-12)14-6-4-3-5-13(14)17/h3-6,9-10,22H,7-8,11H2,1-2H3,(H2,18,20,23). The van der Waals surface area contributed by atoms with Gasteiger partial charge in [-0.15, -0.1) is 0 Å². The van der Waals surface area contributed by atoms with E-state index in [0.29, 0.717) is 24.3 Å². The van der Waals surface area contributed by atoms with Crippen LogP contribution < -0.4 is 10.6 Å². The Morgan fingerprint density at radius 3 is 2.83 bits per heavy atom. The molecule has 0 bridgehead atoms. The van der Waals surface area contributed by atoms with E-state index in [-0.39, 0.29) is 18.1 Å². The Morgan fingerprint density at radius 1 is 1.39 bits per heavy atom. The molecule has 0 radical (unpaired) electrons. The summed E-state index contributed by atoms with van der Waals surface area (Å²) in [5.41, 5.74) is 0.583. The largest absolute Gasteiger partial charge is 0.396 e. The van der Waals surface area contributed by atoms with E-state index in [1.807, 2.05) is 13.8 Å². The third kappa shape index (κ3) is 4.79. The Hall–Kier alpha value is -2.41. The molecule has 2 aromatic rings. The molecule has 1 aromatic heterocycles. The minimum atomic E-state index is -0.391. The molecule has 0 saturated carbocycles. The van der Waals surface area contributed by atoms with Gasteiger partial charge in [-0.2, -0.15) is 5.10 Å². The first-order valence-electron chi connectivity index (χ1n) is 7.36. The van der Waals surface area contributed by atoms with Crippen LogP contribution in [0.2, 0.25) is 0 Å². The van der Waals surface area contributed by atoms with Crippen molar-refractivity contribution in [3.63, 3.8) is 0 Å². The van der Waals surface area contributed by atoms with E-state index >= 15 is 0 Å². The lowest BCUT2D eigenvalue weighted by molar-refractivity contribution is 0.204. The molecule has 23 heavy (non-hydrogen) atoms. The molecule has 0 fully saturated rings. The second-order valence-corrected chi connectivity index (χ2v) is 6.07. The third-order valence-electron chi connectivity index (χ3n) is 3.46. The molecule has 0 saturated heterocycles. The molecule has 0 unspecified atom stereocenters. The van der Waals surface area contributed by atoms with Crippen LogP contribution in [0.3, 0.4) is 0 Å². The Balaban J connectivity index is 1.94. The van der Waals surface area contributed by atoms with Crippen molar-refractivity contribution in [2.75, 3.05) is 18.5 Å². The normalized spacial score (nSPS) is 11.3. The van der Waals surface area contributed by atoms with E-state index < -0.39 is 5.82 Å². The van der Waals surface area contributed by atoms with Crippen LogP contribution in [0.4, 0.5) is 14.9 Å². The molecule has 7 heteroatoms. The number of urea groups is 1. The quantitative estimate of drug-likeness (QED) is 0.765. The predicted octanol–water partition coefficient (Wildman–Crippen LogP) is 2.54. The molecule has 1 aromatic carbocycles. The number of anilines is 1. The van der Waals surface area contributed by atoms with Crippen molar-refractivity contribution < 1.29 is 14.3 Å². The van der Waals surface area contributed by atoms with Crippen LogP contribution >= 0.6 is 0 Å². The van der Waals surface area contributed by atoms with Gasteiger partial charge in [0, 0.05) is 13.2 Å². The number of hydrogen-bond acceptors (Lipinski definition) is 3. The summed E-state index contributed by atoms with van der Waals surface area (Å²) in [4.78, 5) is 11.9. The molecule has 0 aliphatic heterocycles. The number of para-hydroxylation sites is 1. The SMILES string of the molecule is CC(C)(CCO)CNC(=O)Nc1cnn(-c2ccccc2F)c1. The van der Waals surface area contributed by atoms with Crippen molar-refractivity contribution in [3.05, 3.63) is 42.5 Å². The summed E-state index contributed by atoms with van der Waals surface area (Å²) < 4.78 is 15.1. The zero-order chi connectivity index (χ0) is 16.9. The van der Waals surface area contributed by atoms with Crippen LogP contribution in [0.1, 0.15) is 20.3 Å². The van der Waals surface area contributed by atoms with Crippen molar-refractivity contribution >= 4 is 11.7 Å². The number of aliphatic hydroxyl groups is 1. The van der Waals surface area contributed by atoms with Gasteiger partial charge in [-0.05, 0) is 24.0 Å². The Labute approximate surface area is 134 Å². The number of nitrogens with zero attached hydrogens (tertiary/aromatic N) is 2. The Kier molecular flexibility index (Phi) is 5.33. The molecule has 2 amide bonds. The van der Waals surface area contributed by atoms with Crippen LogP contribution in [0.15, 0.2) is 36.7 Å². The monoisotopic (exact) mass is 320 g/mol. The summed E-state index contributed by atoms with van der Waals surface area (Å²) in [6.45, 7) is 4.42. The average molecular weight is 320 g/mol. The molecule has 0 spiro atoms. The highest BCUT2D eigenvalue weighted by atomic mass is 19.1. The van der Waals surface area contributed by atoms with Crippen molar-refractivity contribution in [2.45, 2.75) is 20.3 Å². The zero-order valence-electron chi connectivity index (χ0n) is 13.2. The Bertz CT molecular complexity index is 670. The van der Waals surface area contributed by atoms with E-state index in [0.717, 1.165) is 0 Å². The third-order valence-corrected chi connectivity index (χ3v) is 3.46. The van der Waals surface area contributed by atoms with Crippen LogP contribution in [-0.2, 0) is 0 Å². The number of carbonyl (C=O) groups excluding carboxylic acids is 1. The summed E-state index contributed by atoms with van der Waals surface area (Å²) in [6, 6.07) is 5.89. The number of aliphatic hydroxyl groups excluding tert-OH is 1. The van der Waals surface area contributed by atoms with Gasteiger partial charge in [0.1, 0.15) is 11.5 Å². The van der Waals surface area contributed by atoms with Crippen LogP contribution in [0, 0.1) is 11.2 Å². The maximum atomic E-state index is 13.7. The maximum Gasteiger partial charge on any atom is 0.319 e. The van der Waals surface area contributed by atoms with Crippen LogP contribution in [0.5, 0.6) is 0 Å². The highest BCUT2D eigenvalue weighted by Gasteiger charge is 2.18. The summed E-state index contributed by atoms with van der Waals surface area (Å²) in [7, 11) is 0. The highest BCUT2D eigenvalue weighted by molar-refractivity contribution is 5.88. The van der Waals surface area contributed by atoms with Crippen molar-refractivity contribution in [2.24, 2.45) is 5.41 Å². The fourth-order valence-electron chi connectivity index (χ4n) is 2.04. The second-order valence-electron chi connectivity index (χ2n) is 6.07. The molecule has 3 N–H and O–H groups in total. The van der Waals surface area contributed by atoms with Gasteiger partial charge < -0.3 is 15.7 Å². The van der Waals surface area contributed by atoms with Gasteiger partial charge in [0.15, 0.2) is 0 Å². The van der Waals surface area contributed by atoms with E-state index in [4.69, 9.17) is 5.11 Å². The summed E-state index contributed by atoms with van der Waals surface area (Å²) in [5, 5.41) is 18.4. The first kappa shape index (κ1) is 17.0. The van der Waals surface area contributed by atoms with Gasteiger partial charge in [0.25, 0.3) is 0 Å². The van der Waals surface area contributed by atoms with E-state index in [1.165, 1.54) is 23.1 Å². The summed E-state index contributed by atoms with van der Waals surface area (Å²) >= 11 is 0. The van der Waals surface area contributed by atoms with Crippen molar-refractivity contribution in [1.82, 2.24) is 15.1 Å². The Morgan fingerprint density at radius 2 is 2.13 bits per heavy atom. The maximum absolute atomic E-state index is 13.7. The van der Waals surface area contributed by atoms with Gasteiger partial charge in [-0.1, -0.05) is 26.0 Å². The summed E-state index contributed by atoms with van der Waals surface area (Å²) in [6.07, 6.45) is 3.58. The molecule has 1 heterocycles. The molecule has 0 aliphatic rings. The summed E-state index contributed by atoms with van der Waals surface area (Å²) in [5.74, 6) is -0.391. The molecular formula is C16H21FN4O2. The molecule has 0 atom stereocenters. The number of aromatic nitrogens is 2. The van der Waals surface area contributed by atoms with Crippen LogP contribution in [-0.4, -0.2) is 34.1 Å². The van der Waals surface area contributed by atoms with E-state index in [2.05, 4.69) is 15.7 Å². The number of halogens is 1. The number of benzene rings is 1. The lowest BCUT2D eigenvalue weighted by Gasteiger charge is -2.23. The smallest absolute Gasteiger partial charge is 0.319 e. The topological polar surface area (TPSA) is 79.2 Å². The second kappa shape index (κ2) is 7.23. The van der Waals surface area contributed by atoms with Crippen LogP contribution in [0.25, 0.3) is 5.69 Å². The first-order chi connectivity index (χ1) is 10.9. The number of nitrogens with one attached hydrogen (secondary N) is 2. The number of hydrogen-bond donors (Lipinski definition) is 3. The fourth-order valence-corrected chi connectivity index (χ4v) is 2.04. The number of rotatable bonds is 6. The minimum Gasteiger partial charge on any atom is -0.396 e. The molecule has 6 nitrogen and oxygen atoms in total. The zero-order valence-corrected chi connectivity index (χ0v) is 13.2. The predicted molar refractivity (Wildman–Crippen MR) is 86.0 cm³/mol. The molecule has 2 rings (SSSR count). The van der Waals surface area contributed by atoms with Gasteiger partial charge >= 0.3 is 6.03 Å². The average Bonchev–Trinajstić information content (AvgIpc) is 2.94. The van der Waals surface area contributed by atoms with Gasteiger partial charge in [0.05, 0.1) is 18.1 Å². The minimum absolute atomic E-state index is 0.0751. The van der Waals surface area contributed by atoms with E-state index in [9.17, 15) is 9.18 Å². The van der Waals surface area contributed by atoms with E-state index in [1.54, 1.807) is 18.2 Å². The lowest BCUT2D eigenvalue weighted by atomic mass is 9.90. The molecule has 0 aliphatic carbocycles. The number of amides is 2.